The Labute approximate surface area is 152 Å². The maximum atomic E-state index is 12.2. The van der Waals surface area contributed by atoms with Crippen LogP contribution in [0.25, 0.3) is 10.9 Å². The molecule has 1 aromatic heterocycles. The lowest BCUT2D eigenvalue weighted by molar-refractivity contribution is 0.252. The van der Waals surface area contributed by atoms with Gasteiger partial charge in [-0.3, -0.25) is 5.10 Å². The summed E-state index contributed by atoms with van der Waals surface area (Å²) in [5, 5.41) is 13.6. The van der Waals surface area contributed by atoms with Crippen LogP contribution in [0.4, 0.5) is 16.2 Å². The number of nitrogens with one attached hydrogen (secondary N) is 3. The van der Waals surface area contributed by atoms with Crippen LogP contribution in [0.1, 0.15) is 24.8 Å². The van der Waals surface area contributed by atoms with Gasteiger partial charge in [0.05, 0.1) is 17.4 Å². The molecule has 0 aliphatic carbocycles. The third-order valence-corrected chi connectivity index (χ3v) is 4.84. The minimum atomic E-state index is -0.223. The summed E-state index contributed by atoms with van der Waals surface area (Å²) in [5.74, 6) is 0. The van der Waals surface area contributed by atoms with Crippen molar-refractivity contribution in [1.82, 2.24) is 15.5 Å². The van der Waals surface area contributed by atoms with Crippen LogP contribution in [0.5, 0.6) is 0 Å². The largest absolute Gasteiger partial charge is 0.372 e. The zero-order chi connectivity index (χ0) is 17.8. The van der Waals surface area contributed by atoms with E-state index >= 15 is 0 Å². The fourth-order valence-electron chi connectivity index (χ4n) is 3.40. The van der Waals surface area contributed by atoms with Gasteiger partial charge in [0.25, 0.3) is 0 Å². The van der Waals surface area contributed by atoms with Crippen molar-refractivity contribution >= 4 is 28.3 Å². The molecule has 0 radical (unpaired) electrons. The van der Waals surface area contributed by atoms with E-state index in [9.17, 15) is 4.79 Å². The van der Waals surface area contributed by atoms with Crippen molar-refractivity contribution in [2.75, 3.05) is 23.3 Å². The number of aromatic nitrogens is 2. The maximum Gasteiger partial charge on any atom is 0.319 e. The third kappa shape index (κ3) is 3.64. The number of carbonyl (C=O) groups is 1. The number of hydrogen-bond acceptors (Lipinski definition) is 3. The molecule has 134 valence electrons. The van der Waals surface area contributed by atoms with Crippen LogP contribution < -0.4 is 15.5 Å². The first-order chi connectivity index (χ1) is 12.8. The van der Waals surface area contributed by atoms with Gasteiger partial charge in [0.1, 0.15) is 0 Å². The van der Waals surface area contributed by atoms with Gasteiger partial charge in [-0.25, -0.2) is 4.79 Å². The summed E-state index contributed by atoms with van der Waals surface area (Å²) >= 11 is 0. The normalized spacial score (nSPS) is 14.4. The average molecular weight is 349 g/mol. The Bertz CT molecular complexity index is 881. The molecule has 1 fully saturated rings. The molecule has 6 heteroatoms. The lowest BCUT2D eigenvalue weighted by atomic mass is 10.1. The first-order valence-electron chi connectivity index (χ1n) is 9.10. The van der Waals surface area contributed by atoms with Crippen molar-refractivity contribution in [3.63, 3.8) is 0 Å². The molecule has 1 aliphatic rings. The Hall–Kier alpha value is -3.02. The molecular formula is C20H23N5O. The Morgan fingerprint density at radius 2 is 1.88 bits per heavy atom. The van der Waals surface area contributed by atoms with Gasteiger partial charge in [0, 0.05) is 30.7 Å². The monoisotopic (exact) mass is 349 g/mol. The predicted molar refractivity (Wildman–Crippen MR) is 104 cm³/mol. The maximum absolute atomic E-state index is 12.2. The molecule has 3 N–H and O–H groups in total. The van der Waals surface area contributed by atoms with E-state index in [2.05, 4.69) is 50.0 Å². The summed E-state index contributed by atoms with van der Waals surface area (Å²) < 4.78 is 0. The molecule has 0 unspecified atom stereocenters. The Morgan fingerprint density at radius 3 is 2.69 bits per heavy atom. The topological polar surface area (TPSA) is 73.1 Å². The molecule has 1 saturated heterocycles. The van der Waals surface area contributed by atoms with Gasteiger partial charge < -0.3 is 15.5 Å². The van der Waals surface area contributed by atoms with Crippen LogP contribution in [-0.2, 0) is 6.54 Å². The number of urea groups is 1. The third-order valence-electron chi connectivity index (χ3n) is 4.84. The van der Waals surface area contributed by atoms with Crippen molar-refractivity contribution in [2.45, 2.75) is 25.8 Å². The van der Waals surface area contributed by atoms with E-state index < -0.39 is 0 Å². The molecule has 0 bridgehead atoms. The van der Waals surface area contributed by atoms with Crippen LogP contribution >= 0.6 is 0 Å². The summed E-state index contributed by atoms with van der Waals surface area (Å²) in [4.78, 5) is 14.6. The number of benzene rings is 2. The molecule has 2 aromatic carbocycles. The fraction of sp³-hybridized carbons (Fsp3) is 0.300. The minimum Gasteiger partial charge on any atom is -0.372 e. The van der Waals surface area contributed by atoms with Crippen molar-refractivity contribution in [1.29, 1.82) is 0 Å². The standard InChI is InChI=1S/C20H23N5O/c26-20(23-18-5-4-6-19-17(18)14-22-24-19)21-13-15-7-9-16(10-8-15)25-11-2-1-3-12-25/h4-10,14H,1-3,11-13H2,(H,22,24)(H2,21,23,26). The summed E-state index contributed by atoms with van der Waals surface area (Å²) in [7, 11) is 0. The Balaban J connectivity index is 1.33. The average Bonchev–Trinajstić information content (AvgIpc) is 3.17. The number of amides is 2. The van der Waals surface area contributed by atoms with Crippen LogP contribution in [0.2, 0.25) is 0 Å². The number of anilines is 2. The van der Waals surface area contributed by atoms with E-state index in [1.807, 2.05) is 18.2 Å². The highest BCUT2D eigenvalue weighted by Gasteiger charge is 2.11. The summed E-state index contributed by atoms with van der Waals surface area (Å²) in [6.45, 7) is 2.77. The summed E-state index contributed by atoms with van der Waals surface area (Å²) in [6.07, 6.45) is 5.59. The van der Waals surface area contributed by atoms with E-state index in [1.165, 1.54) is 24.9 Å². The van der Waals surface area contributed by atoms with Crippen LogP contribution in [-0.4, -0.2) is 29.3 Å². The molecule has 26 heavy (non-hydrogen) atoms. The molecular weight excluding hydrogens is 326 g/mol. The summed E-state index contributed by atoms with van der Waals surface area (Å²) in [6, 6.07) is 13.9. The zero-order valence-electron chi connectivity index (χ0n) is 14.7. The molecule has 6 nitrogen and oxygen atoms in total. The molecule has 0 saturated carbocycles. The Kier molecular flexibility index (Phi) is 4.73. The molecule has 0 atom stereocenters. The van der Waals surface area contributed by atoms with Gasteiger partial charge in [0.2, 0.25) is 0 Å². The van der Waals surface area contributed by atoms with E-state index in [0.717, 1.165) is 35.2 Å². The molecule has 2 amide bonds. The molecule has 4 rings (SSSR count). The van der Waals surface area contributed by atoms with Crippen molar-refractivity contribution in [3.05, 3.63) is 54.2 Å². The second kappa shape index (κ2) is 7.47. The predicted octanol–water partition coefficient (Wildman–Crippen LogP) is 3.87. The fourth-order valence-corrected chi connectivity index (χ4v) is 3.40. The molecule has 3 aromatic rings. The van der Waals surface area contributed by atoms with Gasteiger partial charge in [-0.05, 0) is 49.1 Å². The van der Waals surface area contributed by atoms with E-state index in [4.69, 9.17) is 0 Å². The molecule has 2 heterocycles. The number of fused-ring (bicyclic) bond motifs is 1. The van der Waals surface area contributed by atoms with E-state index in [1.54, 1.807) is 6.20 Å². The minimum absolute atomic E-state index is 0.223. The molecule has 0 spiro atoms. The zero-order valence-corrected chi connectivity index (χ0v) is 14.7. The number of hydrogen-bond donors (Lipinski definition) is 3. The van der Waals surface area contributed by atoms with Crippen LogP contribution in [0.3, 0.4) is 0 Å². The highest BCUT2D eigenvalue weighted by atomic mass is 16.2. The van der Waals surface area contributed by atoms with Gasteiger partial charge in [-0.1, -0.05) is 18.2 Å². The van der Waals surface area contributed by atoms with E-state index in [0.29, 0.717) is 6.54 Å². The quantitative estimate of drug-likeness (QED) is 0.669. The van der Waals surface area contributed by atoms with Crippen molar-refractivity contribution < 1.29 is 4.79 Å². The lowest BCUT2D eigenvalue weighted by Crippen LogP contribution is -2.29. The SMILES string of the molecule is O=C(NCc1ccc(N2CCCCC2)cc1)Nc1cccc2[nH]ncc12. The number of piperidine rings is 1. The smallest absolute Gasteiger partial charge is 0.319 e. The number of H-pyrrole nitrogens is 1. The lowest BCUT2D eigenvalue weighted by Gasteiger charge is -2.28. The van der Waals surface area contributed by atoms with Crippen molar-refractivity contribution in [2.24, 2.45) is 0 Å². The van der Waals surface area contributed by atoms with Crippen molar-refractivity contribution in [3.8, 4) is 0 Å². The van der Waals surface area contributed by atoms with E-state index in [-0.39, 0.29) is 6.03 Å². The second-order valence-electron chi connectivity index (χ2n) is 6.66. The van der Waals surface area contributed by atoms with Gasteiger partial charge >= 0.3 is 6.03 Å². The van der Waals surface area contributed by atoms with Gasteiger partial charge in [-0.15, -0.1) is 0 Å². The summed E-state index contributed by atoms with van der Waals surface area (Å²) in [5.41, 5.74) is 4.00. The highest BCUT2D eigenvalue weighted by molar-refractivity contribution is 6.00. The number of rotatable bonds is 4. The number of carbonyl (C=O) groups excluding carboxylic acids is 1. The number of aromatic amines is 1. The van der Waals surface area contributed by atoms with Crippen LogP contribution in [0.15, 0.2) is 48.7 Å². The first-order valence-corrected chi connectivity index (χ1v) is 9.10. The molecule has 1 aliphatic heterocycles. The second-order valence-corrected chi connectivity index (χ2v) is 6.66. The number of nitrogens with zero attached hydrogens (tertiary/aromatic N) is 2. The van der Waals surface area contributed by atoms with Gasteiger partial charge in [-0.2, -0.15) is 5.10 Å². The first kappa shape index (κ1) is 16.4. The Morgan fingerprint density at radius 1 is 1.08 bits per heavy atom. The van der Waals surface area contributed by atoms with Crippen LogP contribution in [0, 0.1) is 0 Å². The van der Waals surface area contributed by atoms with Gasteiger partial charge in [0.15, 0.2) is 0 Å². The highest BCUT2D eigenvalue weighted by Crippen LogP contribution is 2.21.